The van der Waals surface area contributed by atoms with E-state index in [2.05, 4.69) is 18.3 Å². The van der Waals surface area contributed by atoms with Gasteiger partial charge in [-0.25, -0.2) is 0 Å². The maximum atomic E-state index is 12.1. The minimum Gasteiger partial charge on any atom is -0.352 e. The topological polar surface area (TPSA) is 52.9 Å². The molecule has 3 nitrogen and oxygen atoms in total. The number of nitrogens with one attached hydrogen (secondary N) is 1. The van der Waals surface area contributed by atoms with Gasteiger partial charge in [0.2, 0.25) is 5.91 Å². The molecule has 0 aromatic heterocycles. The number of amides is 1. The molecule has 1 fully saturated rings. The molecule has 0 spiro atoms. The first-order chi connectivity index (χ1) is 7.59. The lowest BCUT2D eigenvalue weighted by Gasteiger charge is -2.34. The summed E-state index contributed by atoms with van der Waals surface area (Å²) in [5.74, 6) is 0.536. The van der Waals surface area contributed by atoms with Gasteiger partial charge in [-0.05, 0) is 38.5 Å². The van der Waals surface area contributed by atoms with Gasteiger partial charge in [-0.2, -0.15) is 5.26 Å². The zero-order chi connectivity index (χ0) is 12.2. The molecule has 0 aromatic rings. The first-order valence-corrected chi connectivity index (χ1v) is 6.31. The number of hydrogen-bond acceptors (Lipinski definition) is 2. The molecule has 1 rings (SSSR count). The third-order valence-electron chi connectivity index (χ3n) is 4.07. The monoisotopic (exact) mass is 222 g/mol. The molecule has 0 bridgehead atoms. The van der Waals surface area contributed by atoms with Crippen molar-refractivity contribution in [1.82, 2.24) is 5.32 Å². The SMILES string of the molecule is CCC(C#N)(CC)C(=O)NC(C)C1CCC1. The van der Waals surface area contributed by atoms with Crippen molar-refractivity contribution < 1.29 is 4.79 Å². The summed E-state index contributed by atoms with van der Waals surface area (Å²) < 4.78 is 0. The summed E-state index contributed by atoms with van der Waals surface area (Å²) in [7, 11) is 0. The van der Waals surface area contributed by atoms with Crippen LogP contribution in [-0.2, 0) is 4.79 Å². The predicted octanol–water partition coefficient (Wildman–Crippen LogP) is 2.62. The highest BCUT2D eigenvalue weighted by atomic mass is 16.2. The van der Waals surface area contributed by atoms with Crippen molar-refractivity contribution in [2.75, 3.05) is 0 Å². The van der Waals surface area contributed by atoms with Gasteiger partial charge in [0.05, 0.1) is 6.07 Å². The summed E-state index contributed by atoms with van der Waals surface area (Å²) >= 11 is 0. The minimum atomic E-state index is -0.821. The van der Waals surface area contributed by atoms with E-state index in [9.17, 15) is 4.79 Å². The molecule has 1 aliphatic carbocycles. The fourth-order valence-corrected chi connectivity index (χ4v) is 2.18. The maximum absolute atomic E-state index is 12.1. The summed E-state index contributed by atoms with van der Waals surface area (Å²) in [6, 6.07) is 2.40. The van der Waals surface area contributed by atoms with Crippen molar-refractivity contribution in [3.05, 3.63) is 0 Å². The van der Waals surface area contributed by atoms with Crippen LogP contribution < -0.4 is 5.32 Å². The Morgan fingerprint density at radius 2 is 2.06 bits per heavy atom. The van der Waals surface area contributed by atoms with E-state index in [0.717, 1.165) is 0 Å². The first-order valence-electron chi connectivity index (χ1n) is 6.31. The molecule has 90 valence electrons. The molecule has 1 aliphatic rings. The molecule has 1 unspecified atom stereocenters. The second kappa shape index (κ2) is 5.34. The van der Waals surface area contributed by atoms with Crippen molar-refractivity contribution in [2.24, 2.45) is 11.3 Å². The first kappa shape index (κ1) is 13.0. The van der Waals surface area contributed by atoms with Gasteiger partial charge in [0, 0.05) is 6.04 Å². The molecule has 1 amide bonds. The lowest BCUT2D eigenvalue weighted by Crippen LogP contribution is -2.47. The van der Waals surface area contributed by atoms with Crippen LogP contribution in [0.1, 0.15) is 52.9 Å². The Hall–Kier alpha value is -1.04. The second-order valence-corrected chi connectivity index (χ2v) is 4.85. The van der Waals surface area contributed by atoms with Crippen molar-refractivity contribution in [3.63, 3.8) is 0 Å². The molecular formula is C13H22N2O. The molecule has 3 heteroatoms. The van der Waals surface area contributed by atoms with Crippen LogP contribution in [0.3, 0.4) is 0 Å². The van der Waals surface area contributed by atoms with Crippen LogP contribution in [0.15, 0.2) is 0 Å². The van der Waals surface area contributed by atoms with Gasteiger partial charge in [0.15, 0.2) is 0 Å². The largest absolute Gasteiger partial charge is 0.352 e. The molecule has 1 saturated carbocycles. The van der Waals surface area contributed by atoms with E-state index in [4.69, 9.17) is 5.26 Å². The van der Waals surface area contributed by atoms with Crippen LogP contribution >= 0.6 is 0 Å². The maximum Gasteiger partial charge on any atom is 0.240 e. The summed E-state index contributed by atoms with van der Waals surface area (Å²) in [5, 5.41) is 12.2. The lowest BCUT2D eigenvalue weighted by molar-refractivity contribution is -0.129. The number of rotatable bonds is 5. The highest BCUT2D eigenvalue weighted by Gasteiger charge is 2.37. The molecule has 0 saturated heterocycles. The van der Waals surface area contributed by atoms with E-state index in [1.165, 1.54) is 19.3 Å². The Kier molecular flexibility index (Phi) is 4.35. The van der Waals surface area contributed by atoms with Crippen LogP contribution in [0, 0.1) is 22.7 Å². The normalized spacial score (nSPS) is 18.4. The molecule has 1 atom stereocenters. The third-order valence-corrected chi connectivity index (χ3v) is 4.07. The van der Waals surface area contributed by atoms with Gasteiger partial charge in [-0.1, -0.05) is 20.3 Å². The Morgan fingerprint density at radius 1 is 1.50 bits per heavy atom. The lowest BCUT2D eigenvalue weighted by atomic mass is 9.78. The third kappa shape index (κ3) is 2.37. The summed E-state index contributed by atoms with van der Waals surface area (Å²) in [4.78, 5) is 12.1. The zero-order valence-electron chi connectivity index (χ0n) is 10.5. The van der Waals surface area contributed by atoms with Gasteiger partial charge in [0.1, 0.15) is 5.41 Å². The van der Waals surface area contributed by atoms with Crippen molar-refractivity contribution in [3.8, 4) is 6.07 Å². The van der Waals surface area contributed by atoms with Crippen LogP contribution in [-0.4, -0.2) is 11.9 Å². The van der Waals surface area contributed by atoms with Crippen molar-refractivity contribution in [2.45, 2.75) is 58.9 Å². The van der Waals surface area contributed by atoms with Crippen molar-refractivity contribution in [1.29, 1.82) is 5.26 Å². The molecule has 0 heterocycles. The highest BCUT2D eigenvalue weighted by Crippen LogP contribution is 2.31. The van der Waals surface area contributed by atoms with E-state index in [1.807, 2.05) is 13.8 Å². The van der Waals surface area contributed by atoms with E-state index in [0.29, 0.717) is 18.8 Å². The molecule has 0 aliphatic heterocycles. The molecule has 0 radical (unpaired) electrons. The average molecular weight is 222 g/mol. The van der Waals surface area contributed by atoms with Gasteiger partial charge >= 0.3 is 0 Å². The second-order valence-electron chi connectivity index (χ2n) is 4.85. The molecular weight excluding hydrogens is 200 g/mol. The van der Waals surface area contributed by atoms with Crippen molar-refractivity contribution >= 4 is 5.91 Å². The van der Waals surface area contributed by atoms with E-state index in [1.54, 1.807) is 0 Å². The minimum absolute atomic E-state index is 0.0839. The summed E-state index contributed by atoms with van der Waals surface area (Å²) in [5.41, 5.74) is -0.821. The number of hydrogen-bond donors (Lipinski definition) is 1. The number of nitrogens with zero attached hydrogens (tertiary/aromatic N) is 1. The van der Waals surface area contributed by atoms with E-state index in [-0.39, 0.29) is 11.9 Å². The standard InChI is InChI=1S/C13H22N2O/c1-4-13(5-2,9-14)12(16)15-10(3)11-7-6-8-11/h10-11H,4-8H2,1-3H3,(H,15,16). The van der Waals surface area contributed by atoms with Crippen LogP contribution in [0.2, 0.25) is 0 Å². The average Bonchev–Trinajstić information content (AvgIpc) is 2.18. The molecule has 1 N–H and O–H groups in total. The van der Waals surface area contributed by atoms with E-state index >= 15 is 0 Å². The quantitative estimate of drug-likeness (QED) is 0.777. The Morgan fingerprint density at radius 3 is 2.38 bits per heavy atom. The molecule has 16 heavy (non-hydrogen) atoms. The Balaban J connectivity index is 2.58. The Bertz CT molecular complexity index is 285. The van der Waals surface area contributed by atoms with Crippen LogP contribution in [0.25, 0.3) is 0 Å². The number of carbonyl (C=O) groups excluding carboxylic acids is 1. The van der Waals surface area contributed by atoms with Gasteiger partial charge in [-0.3, -0.25) is 4.79 Å². The van der Waals surface area contributed by atoms with Crippen LogP contribution in [0.5, 0.6) is 0 Å². The van der Waals surface area contributed by atoms with E-state index < -0.39 is 5.41 Å². The predicted molar refractivity (Wildman–Crippen MR) is 63.6 cm³/mol. The fraction of sp³-hybridized carbons (Fsp3) is 0.846. The van der Waals surface area contributed by atoms with Gasteiger partial charge < -0.3 is 5.32 Å². The number of carbonyl (C=O) groups is 1. The zero-order valence-corrected chi connectivity index (χ0v) is 10.5. The summed E-state index contributed by atoms with van der Waals surface area (Å²) in [6.45, 7) is 5.86. The highest BCUT2D eigenvalue weighted by molar-refractivity contribution is 5.85. The Labute approximate surface area is 98.2 Å². The smallest absolute Gasteiger partial charge is 0.240 e. The van der Waals surface area contributed by atoms with Crippen LogP contribution in [0.4, 0.5) is 0 Å². The van der Waals surface area contributed by atoms with Gasteiger partial charge in [0.25, 0.3) is 0 Å². The van der Waals surface area contributed by atoms with Gasteiger partial charge in [-0.15, -0.1) is 0 Å². The fourth-order valence-electron chi connectivity index (χ4n) is 2.18. The summed E-state index contributed by atoms with van der Waals surface area (Å²) in [6.07, 6.45) is 4.86. The number of nitriles is 1. The molecule has 0 aromatic carbocycles.